The molecule has 1 aromatic heterocycles. The quantitative estimate of drug-likeness (QED) is 0.638. The van der Waals surface area contributed by atoms with Crippen LogP contribution in [0.5, 0.6) is 0 Å². The third-order valence-corrected chi connectivity index (χ3v) is 1.97. The van der Waals surface area contributed by atoms with Crippen molar-refractivity contribution >= 4 is 5.91 Å². The van der Waals surface area contributed by atoms with E-state index >= 15 is 0 Å². The Labute approximate surface area is 75.3 Å². The van der Waals surface area contributed by atoms with Crippen molar-refractivity contribution in [1.29, 1.82) is 0 Å². The van der Waals surface area contributed by atoms with Crippen molar-refractivity contribution in [2.24, 2.45) is 0 Å². The average molecular weight is 178 g/mol. The fraction of sp³-hybridized carbons (Fsp3) is 0.375. The van der Waals surface area contributed by atoms with Gasteiger partial charge in [-0.3, -0.25) is 9.89 Å². The third kappa shape index (κ3) is 1.74. The van der Waals surface area contributed by atoms with Gasteiger partial charge in [-0.25, -0.2) is 4.98 Å². The van der Waals surface area contributed by atoms with Crippen LogP contribution in [0.25, 0.3) is 0 Å². The average Bonchev–Trinajstić information content (AvgIpc) is 2.74. The Balaban J connectivity index is 1.92. The van der Waals surface area contributed by atoms with Gasteiger partial charge in [0.15, 0.2) is 0 Å². The minimum atomic E-state index is -0.189. The maximum absolute atomic E-state index is 11.4. The maximum Gasteiger partial charge on any atom is 0.288 e. The number of carbonyl (C=O) groups excluding carboxylic acids is 1. The zero-order chi connectivity index (χ0) is 9.10. The first-order chi connectivity index (χ1) is 6.36. The predicted octanol–water partition coefficient (Wildman–Crippen LogP) is 0.253. The summed E-state index contributed by atoms with van der Waals surface area (Å²) in [5, 5.41) is 8.97. The molecule has 0 spiro atoms. The van der Waals surface area contributed by atoms with Crippen LogP contribution < -0.4 is 5.32 Å². The van der Waals surface area contributed by atoms with E-state index in [-0.39, 0.29) is 17.8 Å². The highest BCUT2D eigenvalue weighted by molar-refractivity contribution is 5.90. The van der Waals surface area contributed by atoms with Crippen LogP contribution in [0.4, 0.5) is 0 Å². The molecule has 1 aliphatic rings. The molecule has 0 radical (unpaired) electrons. The number of aromatic amines is 1. The molecular formula is C8H10N4O. The zero-order valence-corrected chi connectivity index (χ0v) is 7.03. The molecule has 0 atom stereocenters. The number of amides is 1. The summed E-state index contributed by atoms with van der Waals surface area (Å²) in [6, 6.07) is 0.220. The number of nitrogens with zero attached hydrogens (tertiary/aromatic N) is 2. The van der Waals surface area contributed by atoms with Crippen molar-refractivity contribution in [3.05, 3.63) is 24.3 Å². The topological polar surface area (TPSA) is 70.7 Å². The van der Waals surface area contributed by atoms with Crippen LogP contribution in [0, 0.1) is 0 Å². The number of rotatable bonds is 2. The van der Waals surface area contributed by atoms with Gasteiger partial charge in [-0.05, 0) is 12.8 Å². The molecule has 5 heteroatoms. The fourth-order valence-electron chi connectivity index (χ4n) is 1.30. The Morgan fingerprint density at radius 1 is 1.54 bits per heavy atom. The summed E-state index contributed by atoms with van der Waals surface area (Å²) in [6.45, 7) is 0. The molecule has 0 bridgehead atoms. The van der Waals surface area contributed by atoms with E-state index in [1.165, 1.54) is 6.33 Å². The Kier molecular flexibility index (Phi) is 2.08. The summed E-state index contributed by atoms with van der Waals surface area (Å²) >= 11 is 0. The van der Waals surface area contributed by atoms with Crippen molar-refractivity contribution in [3.63, 3.8) is 0 Å². The van der Waals surface area contributed by atoms with Gasteiger partial charge in [0.2, 0.25) is 5.82 Å². The second kappa shape index (κ2) is 3.38. The number of carbonyl (C=O) groups is 1. The van der Waals surface area contributed by atoms with Crippen molar-refractivity contribution in [1.82, 2.24) is 20.5 Å². The van der Waals surface area contributed by atoms with Crippen LogP contribution in [0.3, 0.4) is 0 Å². The van der Waals surface area contributed by atoms with Crippen LogP contribution in [-0.4, -0.2) is 27.1 Å². The molecule has 1 heterocycles. The highest BCUT2D eigenvalue weighted by Gasteiger charge is 2.15. The van der Waals surface area contributed by atoms with Crippen LogP contribution in [0.2, 0.25) is 0 Å². The molecule has 0 saturated heterocycles. The summed E-state index contributed by atoms with van der Waals surface area (Å²) in [4.78, 5) is 15.1. The zero-order valence-electron chi connectivity index (χ0n) is 7.03. The van der Waals surface area contributed by atoms with Crippen molar-refractivity contribution < 1.29 is 4.79 Å². The molecule has 2 N–H and O–H groups in total. The summed E-state index contributed by atoms with van der Waals surface area (Å²) in [5.41, 5.74) is 0. The first kappa shape index (κ1) is 7.97. The Morgan fingerprint density at radius 3 is 2.92 bits per heavy atom. The molecule has 68 valence electrons. The lowest BCUT2D eigenvalue weighted by atomic mass is 10.2. The number of H-pyrrole nitrogens is 1. The van der Waals surface area contributed by atoms with Gasteiger partial charge < -0.3 is 5.32 Å². The summed E-state index contributed by atoms with van der Waals surface area (Å²) in [7, 11) is 0. The van der Waals surface area contributed by atoms with Gasteiger partial charge in [-0.1, -0.05) is 12.2 Å². The number of nitrogens with one attached hydrogen (secondary N) is 2. The molecule has 5 nitrogen and oxygen atoms in total. The van der Waals surface area contributed by atoms with E-state index in [9.17, 15) is 4.79 Å². The molecule has 0 unspecified atom stereocenters. The van der Waals surface area contributed by atoms with Crippen LogP contribution in [-0.2, 0) is 0 Å². The van der Waals surface area contributed by atoms with E-state index in [1.54, 1.807) is 0 Å². The van der Waals surface area contributed by atoms with Gasteiger partial charge in [0.05, 0.1) is 0 Å². The lowest BCUT2D eigenvalue weighted by Crippen LogP contribution is -2.33. The molecule has 13 heavy (non-hydrogen) atoms. The number of hydrogen-bond acceptors (Lipinski definition) is 3. The minimum Gasteiger partial charge on any atom is -0.346 e. The first-order valence-electron chi connectivity index (χ1n) is 4.17. The van der Waals surface area contributed by atoms with E-state index in [1.807, 2.05) is 0 Å². The normalized spacial score (nSPS) is 16.3. The van der Waals surface area contributed by atoms with E-state index in [4.69, 9.17) is 0 Å². The monoisotopic (exact) mass is 178 g/mol. The van der Waals surface area contributed by atoms with Gasteiger partial charge >= 0.3 is 0 Å². The molecule has 1 amide bonds. The molecule has 0 aliphatic heterocycles. The van der Waals surface area contributed by atoms with E-state index in [2.05, 4.69) is 32.7 Å². The lowest BCUT2D eigenvalue weighted by molar-refractivity contribution is 0.0929. The van der Waals surface area contributed by atoms with Crippen LogP contribution >= 0.6 is 0 Å². The Bertz CT molecular complexity index is 309. The van der Waals surface area contributed by atoms with Gasteiger partial charge in [0, 0.05) is 6.04 Å². The maximum atomic E-state index is 11.4. The second-order valence-electron chi connectivity index (χ2n) is 2.95. The van der Waals surface area contributed by atoms with Crippen molar-refractivity contribution in [3.8, 4) is 0 Å². The second-order valence-corrected chi connectivity index (χ2v) is 2.95. The van der Waals surface area contributed by atoms with Gasteiger partial charge in [-0.15, -0.1) is 0 Å². The van der Waals surface area contributed by atoms with Crippen LogP contribution in [0.1, 0.15) is 23.5 Å². The van der Waals surface area contributed by atoms with Gasteiger partial charge in [0.25, 0.3) is 5.91 Å². The SMILES string of the molecule is O=C(NC1CC=CC1)c1ncn[nH]1. The summed E-state index contributed by atoms with van der Waals surface area (Å²) < 4.78 is 0. The van der Waals surface area contributed by atoms with E-state index in [0.717, 1.165) is 12.8 Å². The molecule has 2 rings (SSSR count). The Hall–Kier alpha value is -1.65. The summed E-state index contributed by atoms with van der Waals surface area (Å²) in [5.74, 6) is 0.0816. The minimum absolute atomic E-state index is 0.189. The molecular weight excluding hydrogens is 168 g/mol. The van der Waals surface area contributed by atoms with E-state index < -0.39 is 0 Å². The van der Waals surface area contributed by atoms with Crippen LogP contribution in [0.15, 0.2) is 18.5 Å². The van der Waals surface area contributed by atoms with Crippen molar-refractivity contribution in [2.45, 2.75) is 18.9 Å². The smallest absolute Gasteiger partial charge is 0.288 e. The molecule has 0 saturated carbocycles. The standard InChI is InChI=1S/C8H10N4O/c13-8(7-9-5-10-12-7)11-6-3-1-2-4-6/h1-2,5-6H,3-4H2,(H,11,13)(H,9,10,12). The Morgan fingerprint density at radius 2 is 2.31 bits per heavy atom. The summed E-state index contributed by atoms with van der Waals surface area (Å²) in [6.07, 6.45) is 7.25. The largest absolute Gasteiger partial charge is 0.346 e. The van der Waals surface area contributed by atoms with Gasteiger partial charge in [0.1, 0.15) is 6.33 Å². The first-order valence-corrected chi connectivity index (χ1v) is 4.17. The molecule has 1 aromatic rings. The highest BCUT2D eigenvalue weighted by Crippen LogP contribution is 2.09. The predicted molar refractivity (Wildman–Crippen MR) is 46.0 cm³/mol. The van der Waals surface area contributed by atoms with Gasteiger partial charge in [-0.2, -0.15) is 5.10 Å². The third-order valence-electron chi connectivity index (χ3n) is 1.97. The molecule has 0 aromatic carbocycles. The lowest BCUT2D eigenvalue weighted by Gasteiger charge is -2.09. The van der Waals surface area contributed by atoms with Crippen molar-refractivity contribution in [2.75, 3.05) is 0 Å². The fourth-order valence-corrected chi connectivity index (χ4v) is 1.30. The number of aromatic nitrogens is 3. The highest BCUT2D eigenvalue weighted by atomic mass is 16.2. The number of hydrogen-bond donors (Lipinski definition) is 2. The molecule has 1 aliphatic carbocycles. The molecule has 0 fully saturated rings. The van der Waals surface area contributed by atoms with E-state index in [0.29, 0.717) is 0 Å².